The summed E-state index contributed by atoms with van der Waals surface area (Å²) in [5.74, 6) is 0.211. The van der Waals surface area contributed by atoms with Gasteiger partial charge in [0.25, 0.3) is 0 Å². The zero-order valence-electron chi connectivity index (χ0n) is 11.4. The summed E-state index contributed by atoms with van der Waals surface area (Å²) in [6, 6.07) is 2.24. The fourth-order valence-corrected chi connectivity index (χ4v) is 2.90. The molecule has 2 aliphatic rings. The molecule has 1 aromatic heterocycles. The molecule has 0 bridgehead atoms. The van der Waals surface area contributed by atoms with Crippen LogP contribution in [0.2, 0.25) is 0 Å². The number of hydrogen-bond acceptors (Lipinski definition) is 4. The molecular weight excluding hydrogens is 285 g/mol. The van der Waals surface area contributed by atoms with Gasteiger partial charge in [-0.15, -0.1) is 0 Å². The second kappa shape index (κ2) is 5.46. The highest BCUT2D eigenvalue weighted by molar-refractivity contribution is 5.20. The fraction of sp³-hybridized carbons (Fsp3) is 0.643. The molecule has 116 valence electrons. The Morgan fingerprint density at radius 3 is 2.67 bits per heavy atom. The molecule has 21 heavy (non-hydrogen) atoms. The van der Waals surface area contributed by atoms with Crippen molar-refractivity contribution in [2.75, 3.05) is 19.7 Å². The van der Waals surface area contributed by atoms with E-state index in [0.717, 1.165) is 44.6 Å². The first-order valence-electron chi connectivity index (χ1n) is 7.02. The Morgan fingerprint density at radius 1 is 1.29 bits per heavy atom. The van der Waals surface area contributed by atoms with Crippen LogP contribution >= 0.6 is 0 Å². The maximum Gasteiger partial charge on any atom is 0.417 e. The number of nitrogens with zero attached hydrogens (tertiary/aromatic N) is 1. The fourth-order valence-electron chi connectivity index (χ4n) is 2.90. The van der Waals surface area contributed by atoms with E-state index in [0.29, 0.717) is 6.61 Å². The normalized spacial score (nSPS) is 25.2. The van der Waals surface area contributed by atoms with Gasteiger partial charge in [-0.1, -0.05) is 0 Å². The standard InChI is InChI=1S/C14H17F3N2O2/c15-14(16,17)10-1-2-12(19-8-10)21-11-7-13(20-9-11)3-5-18-6-4-13/h1-2,8,11,18H,3-7,9H2. The van der Waals surface area contributed by atoms with Gasteiger partial charge in [-0.05, 0) is 32.0 Å². The van der Waals surface area contributed by atoms with Crippen molar-refractivity contribution in [1.29, 1.82) is 0 Å². The number of piperidine rings is 1. The van der Waals surface area contributed by atoms with Gasteiger partial charge >= 0.3 is 6.18 Å². The van der Waals surface area contributed by atoms with Crippen molar-refractivity contribution >= 4 is 0 Å². The predicted molar refractivity (Wildman–Crippen MR) is 69.1 cm³/mol. The molecule has 2 fully saturated rings. The Kier molecular flexibility index (Phi) is 3.79. The first kappa shape index (κ1) is 14.6. The lowest BCUT2D eigenvalue weighted by molar-refractivity contribution is -0.137. The van der Waals surface area contributed by atoms with Crippen LogP contribution in [0.1, 0.15) is 24.8 Å². The van der Waals surface area contributed by atoms with Crippen molar-refractivity contribution in [3.63, 3.8) is 0 Å². The van der Waals surface area contributed by atoms with Crippen LogP contribution in [0, 0.1) is 0 Å². The zero-order chi connectivity index (χ0) is 14.9. The van der Waals surface area contributed by atoms with E-state index in [9.17, 15) is 13.2 Å². The van der Waals surface area contributed by atoms with Gasteiger partial charge in [0.1, 0.15) is 6.10 Å². The third-order valence-electron chi connectivity index (χ3n) is 4.04. The van der Waals surface area contributed by atoms with E-state index in [1.165, 1.54) is 6.07 Å². The minimum Gasteiger partial charge on any atom is -0.472 e. The summed E-state index contributed by atoms with van der Waals surface area (Å²) in [5, 5.41) is 3.28. The van der Waals surface area contributed by atoms with Crippen molar-refractivity contribution in [2.45, 2.75) is 37.1 Å². The van der Waals surface area contributed by atoms with Crippen LogP contribution < -0.4 is 10.1 Å². The highest BCUT2D eigenvalue weighted by atomic mass is 19.4. The second-order valence-corrected chi connectivity index (χ2v) is 5.57. The van der Waals surface area contributed by atoms with E-state index in [1.807, 2.05) is 0 Å². The smallest absolute Gasteiger partial charge is 0.417 e. The molecule has 4 nitrogen and oxygen atoms in total. The first-order chi connectivity index (χ1) is 9.97. The second-order valence-electron chi connectivity index (χ2n) is 5.57. The molecule has 1 N–H and O–H groups in total. The highest BCUT2D eigenvalue weighted by Gasteiger charge is 2.42. The van der Waals surface area contributed by atoms with Crippen LogP contribution in [0.5, 0.6) is 5.88 Å². The van der Waals surface area contributed by atoms with E-state index < -0.39 is 11.7 Å². The van der Waals surface area contributed by atoms with Crippen molar-refractivity contribution in [3.05, 3.63) is 23.9 Å². The lowest BCUT2D eigenvalue weighted by Gasteiger charge is -2.32. The molecule has 0 saturated carbocycles. The molecule has 0 aromatic carbocycles. The number of rotatable bonds is 2. The third kappa shape index (κ3) is 3.29. The zero-order valence-corrected chi connectivity index (χ0v) is 11.4. The Balaban J connectivity index is 1.60. The van der Waals surface area contributed by atoms with Gasteiger partial charge in [0.05, 0.1) is 17.8 Å². The third-order valence-corrected chi connectivity index (χ3v) is 4.04. The van der Waals surface area contributed by atoms with E-state index in [4.69, 9.17) is 9.47 Å². The Morgan fingerprint density at radius 2 is 2.05 bits per heavy atom. The van der Waals surface area contributed by atoms with Crippen molar-refractivity contribution in [1.82, 2.24) is 10.3 Å². The van der Waals surface area contributed by atoms with Crippen molar-refractivity contribution in [2.24, 2.45) is 0 Å². The number of alkyl halides is 3. The summed E-state index contributed by atoms with van der Waals surface area (Å²) in [7, 11) is 0. The summed E-state index contributed by atoms with van der Waals surface area (Å²) in [6.07, 6.45) is -1.09. The summed E-state index contributed by atoms with van der Waals surface area (Å²) in [4.78, 5) is 3.73. The summed E-state index contributed by atoms with van der Waals surface area (Å²) >= 11 is 0. The molecule has 1 atom stereocenters. The van der Waals surface area contributed by atoms with Crippen LogP contribution in [-0.4, -0.2) is 36.4 Å². The molecule has 3 rings (SSSR count). The van der Waals surface area contributed by atoms with E-state index in [1.54, 1.807) is 0 Å². The van der Waals surface area contributed by atoms with Gasteiger partial charge in [-0.3, -0.25) is 0 Å². The monoisotopic (exact) mass is 302 g/mol. The molecule has 1 aromatic rings. The molecule has 2 aliphatic heterocycles. The predicted octanol–water partition coefficient (Wildman–Crippen LogP) is 2.39. The summed E-state index contributed by atoms with van der Waals surface area (Å²) < 4.78 is 48.9. The van der Waals surface area contributed by atoms with Crippen molar-refractivity contribution < 1.29 is 22.6 Å². The lowest BCUT2D eigenvalue weighted by Crippen LogP contribution is -2.41. The molecule has 7 heteroatoms. The Labute approximate surface area is 120 Å². The van der Waals surface area contributed by atoms with E-state index in [2.05, 4.69) is 10.3 Å². The van der Waals surface area contributed by atoms with E-state index in [-0.39, 0.29) is 17.6 Å². The molecular formula is C14H17F3N2O2. The van der Waals surface area contributed by atoms with Gasteiger partial charge in [-0.25, -0.2) is 4.98 Å². The van der Waals surface area contributed by atoms with E-state index >= 15 is 0 Å². The molecule has 2 saturated heterocycles. The van der Waals surface area contributed by atoms with Gasteiger partial charge < -0.3 is 14.8 Å². The number of hydrogen-bond donors (Lipinski definition) is 1. The highest BCUT2D eigenvalue weighted by Crippen LogP contribution is 2.35. The largest absolute Gasteiger partial charge is 0.472 e. The van der Waals surface area contributed by atoms with Crippen LogP contribution in [0.4, 0.5) is 13.2 Å². The minimum atomic E-state index is -4.37. The Hall–Kier alpha value is -1.34. The topological polar surface area (TPSA) is 43.4 Å². The SMILES string of the molecule is FC(F)(F)c1ccc(OC2COC3(CCNCC3)C2)nc1. The van der Waals surface area contributed by atoms with Crippen LogP contribution in [0.3, 0.4) is 0 Å². The lowest BCUT2D eigenvalue weighted by atomic mass is 9.89. The van der Waals surface area contributed by atoms with Gasteiger partial charge in [-0.2, -0.15) is 13.2 Å². The molecule has 0 radical (unpaired) electrons. The average Bonchev–Trinajstić information content (AvgIpc) is 2.82. The van der Waals surface area contributed by atoms with Crippen molar-refractivity contribution in [3.8, 4) is 5.88 Å². The summed E-state index contributed by atoms with van der Waals surface area (Å²) in [6.45, 7) is 2.30. The number of aromatic nitrogens is 1. The van der Waals surface area contributed by atoms with Gasteiger partial charge in [0, 0.05) is 18.7 Å². The minimum absolute atomic E-state index is 0.137. The molecule has 0 aliphatic carbocycles. The number of pyridine rings is 1. The molecule has 1 unspecified atom stereocenters. The van der Waals surface area contributed by atoms with Gasteiger partial charge in [0.15, 0.2) is 0 Å². The Bertz CT molecular complexity index is 484. The molecule has 0 amide bonds. The van der Waals surface area contributed by atoms with Crippen LogP contribution in [0.15, 0.2) is 18.3 Å². The average molecular weight is 302 g/mol. The first-order valence-corrected chi connectivity index (χ1v) is 7.02. The van der Waals surface area contributed by atoms with Crippen LogP contribution in [0.25, 0.3) is 0 Å². The molecule has 3 heterocycles. The number of nitrogens with one attached hydrogen (secondary N) is 1. The summed E-state index contributed by atoms with van der Waals surface area (Å²) in [5.41, 5.74) is -0.908. The quantitative estimate of drug-likeness (QED) is 0.911. The number of ether oxygens (including phenoxy) is 2. The maximum absolute atomic E-state index is 12.5. The molecule has 1 spiro atoms. The number of halogens is 3. The van der Waals surface area contributed by atoms with Gasteiger partial charge in [0.2, 0.25) is 5.88 Å². The maximum atomic E-state index is 12.5. The van der Waals surface area contributed by atoms with Crippen LogP contribution in [-0.2, 0) is 10.9 Å².